The van der Waals surface area contributed by atoms with Crippen LogP contribution in [0, 0.1) is 0 Å². The smallest absolute Gasteiger partial charge is 0.104 e. The molecule has 0 spiro atoms. The van der Waals surface area contributed by atoms with Gasteiger partial charge in [0, 0.05) is 0 Å². The van der Waals surface area contributed by atoms with Crippen LogP contribution in [0.4, 0.5) is 0 Å². The molecule has 0 amide bonds. The molecule has 3 rings (SSSR count). The molecule has 1 heteroatoms. The van der Waals surface area contributed by atoms with Crippen molar-refractivity contribution in [2.45, 2.75) is 51.0 Å². The number of hydrogen-bond donors (Lipinski definition) is 1. The lowest BCUT2D eigenvalue weighted by atomic mass is 9.86. The fourth-order valence-electron chi connectivity index (χ4n) is 2.72. The Balaban J connectivity index is 1.79. The Bertz CT molecular complexity index is 598. The van der Waals surface area contributed by atoms with Gasteiger partial charge in [-0.2, -0.15) is 0 Å². The second-order valence-electron chi connectivity index (χ2n) is 7.22. The molecule has 0 radical (unpaired) electrons. The summed E-state index contributed by atoms with van der Waals surface area (Å²) >= 11 is 0. The average Bonchev–Trinajstić information content (AvgIpc) is 3.31. The highest BCUT2D eigenvalue weighted by atomic mass is 16.3. The molecule has 1 saturated carbocycles. The summed E-state index contributed by atoms with van der Waals surface area (Å²) in [6.07, 6.45) is 2.10. The molecule has 1 aliphatic rings. The molecule has 110 valence electrons. The van der Waals surface area contributed by atoms with Gasteiger partial charge < -0.3 is 5.11 Å². The van der Waals surface area contributed by atoms with Crippen LogP contribution in [0.2, 0.25) is 0 Å². The van der Waals surface area contributed by atoms with E-state index in [2.05, 4.69) is 57.2 Å². The van der Waals surface area contributed by atoms with Gasteiger partial charge in [0.15, 0.2) is 0 Å². The van der Waals surface area contributed by atoms with Gasteiger partial charge in [0.05, 0.1) is 0 Å². The van der Waals surface area contributed by atoms with Crippen LogP contribution in [-0.4, -0.2) is 5.11 Å². The summed E-state index contributed by atoms with van der Waals surface area (Å²) in [6.45, 7) is 6.61. The van der Waals surface area contributed by atoms with Crippen molar-refractivity contribution in [3.8, 4) is 0 Å². The van der Waals surface area contributed by atoms with Crippen molar-refractivity contribution in [2.24, 2.45) is 0 Å². The highest BCUT2D eigenvalue weighted by molar-refractivity contribution is 5.36. The van der Waals surface area contributed by atoms with E-state index in [4.69, 9.17) is 0 Å². The number of benzene rings is 2. The van der Waals surface area contributed by atoms with Gasteiger partial charge in [0.1, 0.15) is 6.10 Å². The molecule has 0 aliphatic heterocycles. The van der Waals surface area contributed by atoms with Crippen LogP contribution in [0.3, 0.4) is 0 Å². The van der Waals surface area contributed by atoms with Crippen molar-refractivity contribution in [1.82, 2.24) is 0 Å². The largest absolute Gasteiger partial charge is 0.384 e. The predicted molar refractivity (Wildman–Crippen MR) is 87.6 cm³/mol. The molecule has 2 aromatic rings. The normalized spacial score (nSPS) is 16.8. The third-order valence-corrected chi connectivity index (χ3v) is 4.39. The van der Waals surface area contributed by atoms with Crippen LogP contribution in [0.5, 0.6) is 0 Å². The van der Waals surface area contributed by atoms with Crippen LogP contribution < -0.4 is 0 Å². The maximum absolute atomic E-state index is 10.5. The molecule has 2 aromatic carbocycles. The molecule has 0 bridgehead atoms. The Labute approximate surface area is 127 Å². The molecule has 1 atom stereocenters. The molecule has 1 aliphatic carbocycles. The molecule has 1 fully saturated rings. The number of rotatable bonds is 3. The maximum Gasteiger partial charge on any atom is 0.104 e. The standard InChI is InChI=1S/C20H24O/c1-20(2,3)18-12-10-17(11-13-18)19(21)16-8-6-15(7-9-16)14-4-5-14/h6-14,19,21H,4-5H2,1-3H3. The molecule has 0 saturated heterocycles. The quantitative estimate of drug-likeness (QED) is 0.844. The number of hydrogen-bond acceptors (Lipinski definition) is 1. The first-order chi connectivity index (χ1) is 9.95. The molecule has 21 heavy (non-hydrogen) atoms. The van der Waals surface area contributed by atoms with Crippen molar-refractivity contribution in [2.75, 3.05) is 0 Å². The van der Waals surface area contributed by atoms with Crippen LogP contribution >= 0.6 is 0 Å². The van der Waals surface area contributed by atoms with Crippen LogP contribution in [0.15, 0.2) is 48.5 Å². The lowest BCUT2D eigenvalue weighted by molar-refractivity contribution is 0.220. The molecule has 1 N–H and O–H groups in total. The third kappa shape index (κ3) is 3.19. The summed E-state index contributed by atoms with van der Waals surface area (Å²) in [5.41, 5.74) is 4.79. The van der Waals surface area contributed by atoms with Crippen molar-refractivity contribution < 1.29 is 5.11 Å². The van der Waals surface area contributed by atoms with E-state index in [0.717, 1.165) is 17.0 Å². The molecule has 1 unspecified atom stereocenters. The van der Waals surface area contributed by atoms with Crippen LogP contribution in [0.1, 0.15) is 67.9 Å². The monoisotopic (exact) mass is 280 g/mol. The van der Waals surface area contributed by atoms with Gasteiger partial charge >= 0.3 is 0 Å². The Hall–Kier alpha value is -1.60. The predicted octanol–water partition coefficient (Wildman–Crippen LogP) is 4.94. The first kappa shape index (κ1) is 14.3. The zero-order valence-electron chi connectivity index (χ0n) is 13.1. The highest BCUT2D eigenvalue weighted by Gasteiger charge is 2.23. The maximum atomic E-state index is 10.5. The minimum atomic E-state index is -0.535. The Morgan fingerprint density at radius 3 is 1.76 bits per heavy atom. The van der Waals surface area contributed by atoms with E-state index in [1.54, 1.807) is 0 Å². The summed E-state index contributed by atoms with van der Waals surface area (Å²) in [7, 11) is 0. The highest BCUT2D eigenvalue weighted by Crippen LogP contribution is 2.40. The zero-order chi connectivity index (χ0) is 15.0. The van der Waals surface area contributed by atoms with Crippen LogP contribution in [-0.2, 0) is 5.41 Å². The van der Waals surface area contributed by atoms with E-state index in [-0.39, 0.29) is 5.41 Å². The second kappa shape index (κ2) is 5.31. The van der Waals surface area contributed by atoms with Gasteiger partial charge in [0.2, 0.25) is 0 Å². The molecule has 1 nitrogen and oxygen atoms in total. The van der Waals surface area contributed by atoms with E-state index < -0.39 is 6.10 Å². The summed E-state index contributed by atoms with van der Waals surface area (Å²) in [4.78, 5) is 0. The minimum Gasteiger partial charge on any atom is -0.384 e. The Morgan fingerprint density at radius 1 is 0.857 bits per heavy atom. The average molecular weight is 280 g/mol. The summed E-state index contributed by atoms with van der Waals surface area (Å²) in [5, 5.41) is 10.5. The van der Waals surface area contributed by atoms with Crippen molar-refractivity contribution in [1.29, 1.82) is 0 Å². The lowest BCUT2D eigenvalue weighted by Gasteiger charge is -2.20. The topological polar surface area (TPSA) is 20.2 Å². The van der Waals surface area contributed by atoms with Crippen molar-refractivity contribution in [3.05, 3.63) is 70.8 Å². The van der Waals surface area contributed by atoms with Gasteiger partial charge in [0.25, 0.3) is 0 Å². The van der Waals surface area contributed by atoms with E-state index in [9.17, 15) is 5.11 Å². The molecule has 0 aromatic heterocycles. The minimum absolute atomic E-state index is 0.148. The first-order valence-corrected chi connectivity index (χ1v) is 7.83. The zero-order valence-corrected chi connectivity index (χ0v) is 13.1. The number of aliphatic hydroxyl groups excluding tert-OH is 1. The van der Waals surface area contributed by atoms with E-state index >= 15 is 0 Å². The van der Waals surface area contributed by atoms with Crippen molar-refractivity contribution in [3.63, 3.8) is 0 Å². The van der Waals surface area contributed by atoms with Gasteiger partial charge in [-0.05, 0) is 46.4 Å². The Kier molecular flexibility index (Phi) is 3.62. The van der Waals surface area contributed by atoms with Crippen molar-refractivity contribution >= 4 is 0 Å². The lowest BCUT2D eigenvalue weighted by Crippen LogP contribution is -2.11. The molecular weight excluding hydrogens is 256 g/mol. The van der Waals surface area contributed by atoms with E-state index in [0.29, 0.717) is 0 Å². The molecule has 0 heterocycles. The van der Waals surface area contributed by atoms with Gasteiger partial charge in [-0.15, -0.1) is 0 Å². The third-order valence-electron chi connectivity index (χ3n) is 4.39. The first-order valence-electron chi connectivity index (χ1n) is 7.83. The summed E-state index contributed by atoms with van der Waals surface area (Å²) in [5.74, 6) is 0.766. The van der Waals surface area contributed by atoms with Gasteiger partial charge in [-0.25, -0.2) is 0 Å². The van der Waals surface area contributed by atoms with Gasteiger partial charge in [-0.3, -0.25) is 0 Å². The summed E-state index contributed by atoms with van der Waals surface area (Å²) < 4.78 is 0. The second-order valence-corrected chi connectivity index (χ2v) is 7.22. The van der Waals surface area contributed by atoms with E-state index in [1.165, 1.54) is 24.0 Å². The van der Waals surface area contributed by atoms with E-state index in [1.807, 2.05) is 12.1 Å². The fraction of sp³-hybridized carbons (Fsp3) is 0.400. The number of aliphatic hydroxyl groups is 1. The van der Waals surface area contributed by atoms with Crippen LogP contribution in [0.25, 0.3) is 0 Å². The Morgan fingerprint density at radius 2 is 1.33 bits per heavy atom. The van der Waals surface area contributed by atoms with Gasteiger partial charge in [-0.1, -0.05) is 69.3 Å². The SMILES string of the molecule is CC(C)(C)c1ccc(C(O)c2ccc(C3CC3)cc2)cc1. The molecular formula is C20H24O. The summed E-state index contributed by atoms with van der Waals surface area (Å²) in [6, 6.07) is 16.8. The fourth-order valence-corrected chi connectivity index (χ4v) is 2.72.